The maximum Gasteiger partial charge on any atom is 0.143 e. The molecule has 0 radical (unpaired) electrons. The highest BCUT2D eigenvalue weighted by molar-refractivity contribution is 6.21. The Morgan fingerprint density at radius 2 is 1.00 bits per heavy atom. The predicted octanol–water partition coefficient (Wildman–Crippen LogP) is 10.3. The van der Waals surface area contributed by atoms with Crippen molar-refractivity contribution in [2.24, 2.45) is 0 Å². The van der Waals surface area contributed by atoms with Crippen LogP contribution in [0.15, 0.2) is 144 Å². The average Bonchev–Trinajstić information content (AvgIpc) is 3.39. The number of hydrogen-bond donors (Lipinski definition) is 0. The molecule has 0 aliphatic carbocycles. The zero-order valence-corrected chi connectivity index (χ0v) is 21.1. The van der Waals surface area contributed by atoms with E-state index in [4.69, 9.17) is 9.40 Å². The fraction of sp³-hybridized carbons (Fsp3) is 0. The first-order valence-electron chi connectivity index (χ1n) is 13.2. The Bertz CT molecular complexity index is 2100. The molecular weight excluding hydrogens is 474 g/mol. The van der Waals surface area contributed by atoms with E-state index in [0.29, 0.717) is 0 Å². The van der Waals surface area contributed by atoms with E-state index >= 15 is 0 Å². The topological polar surface area (TPSA) is 26.0 Å². The van der Waals surface area contributed by atoms with Gasteiger partial charge in [-0.25, -0.2) is 0 Å². The highest BCUT2D eigenvalue weighted by atomic mass is 16.3. The highest BCUT2D eigenvalue weighted by Crippen LogP contribution is 2.43. The number of hydrogen-bond acceptors (Lipinski definition) is 2. The van der Waals surface area contributed by atoms with Crippen molar-refractivity contribution in [3.05, 3.63) is 140 Å². The molecule has 0 N–H and O–H groups in total. The monoisotopic (exact) mass is 497 g/mol. The van der Waals surface area contributed by atoms with Gasteiger partial charge in [-0.15, -0.1) is 0 Å². The summed E-state index contributed by atoms with van der Waals surface area (Å²) in [6, 6.07) is 46.9. The van der Waals surface area contributed by atoms with Gasteiger partial charge in [-0.2, -0.15) is 0 Å². The van der Waals surface area contributed by atoms with Crippen LogP contribution in [-0.2, 0) is 0 Å². The molecule has 6 aromatic carbocycles. The maximum absolute atomic E-state index is 6.30. The molecule has 0 aliphatic rings. The van der Waals surface area contributed by atoms with Gasteiger partial charge < -0.3 is 4.42 Å². The molecule has 0 atom stereocenters. The molecule has 39 heavy (non-hydrogen) atoms. The van der Waals surface area contributed by atoms with E-state index in [9.17, 15) is 0 Å². The molecule has 8 rings (SSSR count). The lowest BCUT2D eigenvalue weighted by Crippen LogP contribution is -1.92. The molecule has 2 aromatic heterocycles. The number of pyridine rings is 1. The van der Waals surface area contributed by atoms with Crippen LogP contribution < -0.4 is 0 Å². The quantitative estimate of drug-likeness (QED) is 0.227. The number of para-hydroxylation sites is 2. The van der Waals surface area contributed by atoms with Gasteiger partial charge >= 0.3 is 0 Å². The molecule has 2 nitrogen and oxygen atoms in total. The molecule has 0 bridgehead atoms. The highest BCUT2D eigenvalue weighted by Gasteiger charge is 2.18. The Hall–Kier alpha value is -5.21. The molecule has 0 saturated carbocycles. The molecular formula is C37H23NO. The predicted molar refractivity (Wildman–Crippen MR) is 163 cm³/mol. The van der Waals surface area contributed by atoms with Crippen molar-refractivity contribution < 1.29 is 4.42 Å². The van der Waals surface area contributed by atoms with E-state index in [2.05, 4.69) is 121 Å². The molecule has 2 heterocycles. The van der Waals surface area contributed by atoms with Crippen LogP contribution in [0.2, 0.25) is 0 Å². The summed E-state index contributed by atoms with van der Waals surface area (Å²) in [5, 5.41) is 7.13. The van der Waals surface area contributed by atoms with E-state index in [1.165, 1.54) is 32.7 Å². The lowest BCUT2D eigenvalue weighted by molar-refractivity contribution is 0.670. The van der Waals surface area contributed by atoms with Crippen molar-refractivity contribution in [2.75, 3.05) is 0 Å². The molecule has 0 aliphatic heterocycles. The summed E-state index contributed by atoms with van der Waals surface area (Å²) in [4.78, 5) is 5.05. The lowest BCUT2D eigenvalue weighted by Gasteiger charge is -2.17. The summed E-state index contributed by atoms with van der Waals surface area (Å²) in [6.07, 6.45) is 1.98. The largest absolute Gasteiger partial charge is 0.455 e. The third-order valence-corrected chi connectivity index (χ3v) is 7.73. The minimum atomic E-state index is 0.899. The van der Waals surface area contributed by atoms with Crippen molar-refractivity contribution in [1.82, 2.24) is 4.98 Å². The fourth-order valence-electron chi connectivity index (χ4n) is 6.00. The smallest absolute Gasteiger partial charge is 0.143 e. The van der Waals surface area contributed by atoms with Crippen molar-refractivity contribution in [2.45, 2.75) is 0 Å². The molecule has 182 valence electrons. The van der Waals surface area contributed by atoms with Crippen LogP contribution in [0.25, 0.3) is 77.0 Å². The summed E-state index contributed by atoms with van der Waals surface area (Å²) in [6.45, 7) is 0. The fourth-order valence-corrected chi connectivity index (χ4v) is 6.00. The molecule has 0 amide bonds. The summed E-state index contributed by atoms with van der Waals surface area (Å²) < 4.78 is 6.30. The third-order valence-electron chi connectivity index (χ3n) is 7.73. The van der Waals surface area contributed by atoms with Crippen LogP contribution in [0.4, 0.5) is 0 Å². The zero-order chi connectivity index (χ0) is 25.8. The van der Waals surface area contributed by atoms with Crippen LogP contribution in [0, 0.1) is 0 Å². The van der Waals surface area contributed by atoms with Gasteiger partial charge in [0.2, 0.25) is 0 Å². The Morgan fingerprint density at radius 1 is 0.410 bits per heavy atom. The third kappa shape index (κ3) is 3.39. The Balaban J connectivity index is 1.35. The number of aromatic nitrogens is 1. The second-order valence-electron chi connectivity index (χ2n) is 9.92. The van der Waals surface area contributed by atoms with Crippen LogP contribution in [-0.4, -0.2) is 4.98 Å². The number of fused-ring (bicyclic) bond motifs is 5. The normalized spacial score (nSPS) is 11.6. The Labute approximate surface area is 225 Å². The number of nitrogens with zero attached hydrogens (tertiary/aromatic N) is 1. The van der Waals surface area contributed by atoms with Crippen molar-refractivity contribution in [3.8, 4) is 33.5 Å². The van der Waals surface area contributed by atoms with Gasteiger partial charge in [-0.1, -0.05) is 121 Å². The summed E-state index contributed by atoms with van der Waals surface area (Å²) in [5.74, 6) is 0. The molecule has 0 saturated heterocycles. The van der Waals surface area contributed by atoms with Crippen LogP contribution >= 0.6 is 0 Å². The second-order valence-corrected chi connectivity index (χ2v) is 9.92. The number of rotatable bonds is 3. The van der Waals surface area contributed by atoms with Gasteiger partial charge in [0.05, 0.1) is 5.69 Å². The van der Waals surface area contributed by atoms with E-state index in [-0.39, 0.29) is 0 Å². The van der Waals surface area contributed by atoms with Crippen molar-refractivity contribution in [1.29, 1.82) is 0 Å². The van der Waals surface area contributed by atoms with E-state index in [0.717, 1.165) is 44.3 Å². The standard InChI is InChI=1S/C37H23NO/c1-2-11-24(12-3-1)35-28-14-4-6-16-30(28)36(31-17-7-5-15-29(31)35)33-22-21-25(23-38-33)26-18-10-19-32-27-13-8-9-20-34(27)39-37(26)32/h1-23H. The number of furan rings is 1. The van der Waals surface area contributed by atoms with Gasteiger partial charge in [0, 0.05) is 33.7 Å². The summed E-state index contributed by atoms with van der Waals surface area (Å²) in [5.41, 5.74) is 8.50. The van der Waals surface area contributed by atoms with E-state index < -0.39 is 0 Å². The summed E-state index contributed by atoms with van der Waals surface area (Å²) >= 11 is 0. The van der Waals surface area contributed by atoms with Crippen LogP contribution in [0.3, 0.4) is 0 Å². The maximum atomic E-state index is 6.30. The second kappa shape index (κ2) is 8.68. The molecule has 2 heteroatoms. The molecule has 0 spiro atoms. The van der Waals surface area contributed by atoms with E-state index in [1.807, 2.05) is 18.3 Å². The minimum Gasteiger partial charge on any atom is -0.455 e. The first kappa shape index (κ1) is 21.8. The van der Waals surface area contributed by atoms with Gasteiger partial charge in [0.25, 0.3) is 0 Å². The first-order valence-corrected chi connectivity index (χ1v) is 13.2. The molecule has 8 aromatic rings. The average molecular weight is 498 g/mol. The van der Waals surface area contributed by atoms with Gasteiger partial charge in [0.1, 0.15) is 11.2 Å². The first-order chi connectivity index (χ1) is 19.4. The van der Waals surface area contributed by atoms with Crippen molar-refractivity contribution >= 4 is 43.5 Å². The number of benzene rings is 6. The lowest BCUT2D eigenvalue weighted by atomic mass is 9.87. The Kier molecular flexibility index (Phi) is 4.86. The van der Waals surface area contributed by atoms with Gasteiger partial charge in [0.15, 0.2) is 0 Å². The van der Waals surface area contributed by atoms with E-state index in [1.54, 1.807) is 0 Å². The summed E-state index contributed by atoms with van der Waals surface area (Å²) in [7, 11) is 0. The van der Waals surface area contributed by atoms with Gasteiger partial charge in [-0.05, 0) is 44.8 Å². The van der Waals surface area contributed by atoms with Crippen LogP contribution in [0.1, 0.15) is 0 Å². The SMILES string of the molecule is c1ccc(-c2c3ccccc3c(-c3ccc(-c4cccc5c4oc4ccccc45)cn3)c3ccccc23)cc1. The minimum absolute atomic E-state index is 0.899. The van der Waals surface area contributed by atoms with Gasteiger partial charge in [-0.3, -0.25) is 4.98 Å². The molecule has 0 fully saturated rings. The van der Waals surface area contributed by atoms with Crippen LogP contribution in [0.5, 0.6) is 0 Å². The Morgan fingerprint density at radius 3 is 1.67 bits per heavy atom. The zero-order valence-electron chi connectivity index (χ0n) is 21.1. The van der Waals surface area contributed by atoms with Crippen molar-refractivity contribution in [3.63, 3.8) is 0 Å². The molecule has 0 unspecified atom stereocenters.